The van der Waals surface area contributed by atoms with Gasteiger partial charge in [-0.25, -0.2) is 0 Å². The zero-order valence-electron chi connectivity index (χ0n) is 10.0. The highest BCUT2D eigenvalue weighted by Gasteiger charge is 2.13. The van der Waals surface area contributed by atoms with Gasteiger partial charge in [-0.05, 0) is 36.6 Å². The van der Waals surface area contributed by atoms with Gasteiger partial charge in [0.15, 0.2) is 5.78 Å². The standard InChI is InChI=1S/C14H12N2OS/c1-10-7-12(8-15)18-14(10)13(17)5-4-11-3-2-6-16-9-11/h2-3,6-7,9H,4-5H2,1H3. The molecule has 2 aromatic heterocycles. The summed E-state index contributed by atoms with van der Waals surface area (Å²) in [4.78, 5) is 17.4. The number of nitriles is 1. The molecule has 0 fully saturated rings. The van der Waals surface area contributed by atoms with Crippen molar-refractivity contribution in [2.45, 2.75) is 19.8 Å². The molecule has 3 nitrogen and oxygen atoms in total. The highest BCUT2D eigenvalue weighted by atomic mass is 32.1. The monoisotopic (exact) mass is 256 g/mol. The minimum absolute atomic E-state index is 0.0999. The van der Waals surface area contributed by atoms with Crippen LogP contribution in [0.5, 0.6) is 0 Å². The fraction of sp³-hybridized carbons (Fsp3) is 0.214. The summed E-state index contributed by atoms with van der Waals surface area (Å²) in [7, 11) is 0. The van der Waals surface area contributed by atoms with Crippen molar-refractivity contribution >= 4 is 17.1 Å². The lowest BCUT2D eigenvalue weighted by Crippen LogP contribution is -2.00. The number of aromatic nitrogens is 1. The third kappa shape index (κ3) is 2.82. The van der Waals surface area contributed by atoms with E-state index >= 15 is 0 Å². The van der Waals surface area contributed by atoms with Crippen molar-refractivity contribution in [3.63, 3.8) is 0 Å². The lowest BCUT2D eigenvalue weighted by atomic mass is 10.1. The lowest BCUT2D eigenvalue weighted by Gasteiger charge is -2.00. The SMILES string of the molecule is Cc1cc(C#N)sc1C(=O)CCc1cccnc1. The highest BCUT2D eigenvalue weighted by molar-refractivity contribution is 7.14. The number of ketones is 1. The normalized spacial score (nSPS) is 10.0. The molecule has 0 saturated carbocycles. The van der Waals surface area contributed by atoms with Gasteiger partial charge < -0.3 is 0 Å². The Morgan fingerprint density at radius 1 is 1.56 bits per heavy atom. The van der Waals surface area contributed by atoms with Gasteiger partial charge in [-0.15, -0.1) is 11.3 Å². The van der Waals surface area contributed by atoms with Crippen LogP contribution in [0.3, 0.4) is 0 Å². The first-order valence-electron chi connectivity index (χ1n) is 5.63. The van der Waals surface area contributed by atoms with Crippen molar-refractivity contribution in [3.8, 4) is 6.07 Å². The number of rotatable bonds is 4. The quantitative estimate of drug-likeness (QED) is 0.790. The number of thiophene rings is 1. The van der Waals surface area contributed by atoms with Crippen molar-refractivity contribution < 1.29 is 4.79 Å². The number of aryl methyl sites for hydroxylation is 2. The van der Waals surface area contributed by atoms with Crippen molar-refractivity contribution in [1.29, 1.82) is 5.26 Å². The van der Waals surface area contributed by atoms with Crippen molar-refractivity contribution in [3.05, 3.63) is 51.5 Å². The molecule has 4 heteroatoms. The molecule has 0 amide bonds. The summed E-state index contributed by atoms with van der Waals surface area (Å²) in [6.07, 6.45) is 4.63. The number of Topliss-reactive ketones (excluding diaryl/α,β-unsaturated/α-hetero) is 1. The number of hydrogen-bond acceptors (Lipinski definition) is 4. The Balaban J connectivity index is 2.04. The molecule has 0 spiro atoms. The first kappa shape index (κ1) is 12.5. The molecule has 2 heterocycles. The molecule has 0 radical (unpaired) electrons. The molecule has 0 aliphatic rings. The third-order valence-electron chi connectivity index (χ3n) is 2.64. The molecule has 0 bridgehead atoms. The Hall–Kier alpha value is -1.99. The van der Waals surface area contributed by atoms with Gasteiger partial charge in [0.2, 0.25) is 0 Å². The molecule has 2 aromatic rings. The van der Waals surface area contributed by atoms with E-state index in [0.29, 0.717) is 22.6 Å². The molecule has 90 valence electrons. The highest BCUT2D eigenvalue weighted by Crippen LogP contribution is 2.23. The zero-order valence-corrected chi connectivity index (χ0v) is 10.8. The summed E-state index contributed by atoms with van der Waals surface area (Å²) in [6, 6.07) is 7.66. The van der Waals surface area contributed by atoms with Crippen LogP contribution in [0.15, 0.2) is 30.6 Å². The van der Waals surface area contributed by atoms with E-state index in [9.17, 15) is 4.79 Å². The molecule has 18 heavy (non-hydrogen) atoms. The van der Waals surface area contributed by atoms with Crippen LogP contribution in [0.1, 0.15) is 32.1 Å². The maximum atomic E-state index is 12.0. The fourth-order valence-electron chi connectivity index (χ4n) is 1.73. The van der Waals surface area contributed by atoms with Crippen LogP contribution in [-0.4, -0.2) is 10.8 Å². The Kier molecular flexibility index (Phi) is 3.85. The largest absolute Gasteiger partial charge is 0.293 e. The number of carbonyl (C=O) groups is 1. The van der Waals surface area contributed by atoms with Crippen LogP contribution in [0, 0.1) is 18.3 Å². The zero-order chi connectivity index (χ0) is 13.0. The number of hydrogen-bond donors (Lipinski definition) is 0. The molecule has 0 aliphatic carbocycles. The van der Waals surface area contributed by atoms with Gasteiger partial charge in [-0.1, -0.05) is 6.07 Å². The van der Waals surface area contributed by atoms with E-state index in [1.54, 1.807) is 18.5 Å². The van der Waals surface area contributed by atoms with Gasteiger partial charge in [-0.3, -0.25) is 9.78 Å². The second-order valence-electron chi connectivity index (χ2n) is 4.02. The smallest absolute Gasteiger partial charge is 0.173 e. The minimum atomic E-state index is 0.0999. The molecular formula is C14H12N2OS. The van der Waals surface area contributed by atoms with Gasteiger partial charge >= 0.3 is 0 Å². The summed E-state index contributed by atoms with van der Waals surface area (Å²) >= 11 is 1.28. The molecule has 0 unspecified atom stereocenters. The first-order valence-corrected chi connectivity index (χ1v) is 6.45. The van der Waals surface area contributed by atoms with Crippen LogP contribution in [0.25, 0.3) is 0 Å². The van der Waals surface area contributed by atoms with E-state index in [2.05, 4.69) is 11.1 Å². The molecule has 0 atom stereocenters. The average molecular weight is 256 g/mol. The average Bonchev–Trinajstić information content (AvgIpc) is 2.78. The van der Waals surface area contributed by atoms with E-state index in [4.69, 9.17) is 5.26 Å². The van der Waals surface area contributed by atoms with Crippen molar-refractivity contribution in [2.24, 2.45) is 0 Å². The molecule has 0 aliphatic heterocycles. The van der Waals surface area contributed by atoms with Gasteiger partial charge in [0.25, 0.3) is 0 Å². The van der Waals surface area contributed by atoms with Gasteiger partial charge in [0.05, 0.1) is 4.88 Å². The number of pyridine rings is 1. The number of nitrogens with zero attached hydrogens (tertiary/aromatic N) is 2. The Labute approximate surface area is 110 Å². The number of carbonyl (C=O) groups excluding carboxylic acids is 1. The van der Waals surface area contributed by atoms with Crippen LogP contribution in [0.2, 0.25) is 0 Å². The molecule has 0 saturated heterocycles. The van der Waals surface area contributed by atoms with Crippen LogP contribution < -0.4 is 0 Å². The molecule has 0 aromatic carbocycles. The van der Waals surface area contributed by atoms with Gasteiger partial charge in [0.1, 0.15) is 10.9 Å². The summed E-state index contributed by atoms with van der Waals surface area (Å²) in [5, 5.41) is 8.81. The lowest BCUT2D eigenvalue weighted by molar-refractivity contribution is 0.0986. The topological polar surface area (TPSA) is 53.8 Å². The molecule has 0 N–H and O–H groups in total. The Morgan fingerprint density at radius 3 is 3.00 bits per heavy atom. The maximum absolute atomic E-state index is 12.0. The maximum Gasteiger partial charge on any atom is 0.173 e. The third-order valence-corrected chi connectivity index (χ3v) is 3.83. The van der Waals surface area contributed by atoms with Gasteiger partial charge in [0, 0.05) is 18.8 Å². The first-order chi connectivity index (χ1) is 8.70. The van der Waals surface area contributed by atoms with E-state index in [1.807, 2.05) is 19.1 Å². The minimum Gasteiger partial charge on any atom is -0.293 e. The van der Waals surface area contributed by atoms with E-state index in [1.165, 1.54) is 11.3 Å². The van der Waals surface area contributed by atoms with E-state index < -0.39 is 0 Å². The summed E-state index contributed by atoms with van der Waals surface area (Å²) in [6.45, 7) is 1.87. The van der Waals surface area contributed by atoms with E-state index in [-0.39, 0.29) is 5.78 Å². The van der Waals surface area contributed by atoms with E-state index in [0.717, 1.165) is 11.1 Å². The predicted molar refractivity (Wildman–Crippen MR) is 70.7 cm³/mol. The molecule has 2 rings (SSSR count). The predicted octanol–water partition coefficient (Wildman–Crippen LogP) is 3.14. The van der Waals surface area contributed by atoms with Crippen molar-refractivity contribution in [2.75, 3.05) is 0 Å². The van der Waals surface area contributed by atoms with Crippen LogP contribution in [-0.2, 0) is 6.42 Å². The summed E-state index contributed by atoms with van der Waals surface area (Å²) in [5.74, 6) is 0.0999. The summed E-state index contributed by atoms with van der Waals surface area (Å²) in [5.41, 5.74) is 1.95. The molecular weight excluding hydrogens is 244 g/mol. The Morgan fingerprint density at radius 2 is 2.39 bits per heavy atom. The second kappa shape index (κ2) is 5.56. The van der Waals surface area contributed by atoms with Crippen LogP contribution in [0.4, 0.5) is 0 Å². The van der Waals surface area contributed by atoms with Crippen molar-refractivity contribution in [1.82, 2.24) is 4.98 Å². The second-order valence-corrected chi connectivity index (χ2v) is 5.07. The fourth-order valence-corrected chi connectivity index (χ4v) is 2.67. The van der Waals surface area contributed by atoms with Crippen LogP contribution >= 0.6 is 11.3 Å². The van der Waals surface area contributed by atoms with Gasteiger partial charge in [-0.2, -0.15) is 5.26 Å². The summed E-state index contributed by atoms with van der Waals surface area (Å²) < 4.78 is 0. The Bertz CT molecular complexity index is 596.